The third-order valence-electron chi connectivity index (χ3n) is 7.17. The standard InChI is InChI=1S/C27H28Cl2N8O2/c1-27(25(31)39)11-13-36(14-12-27)23-21-24(34-26(33-23)35(2)15-20(30)38)37(17-9-7-16(28)8-10-17)22(32-21)18-5-3-4-6-19(18)29/h3-10H,11-15H2,1-2H3,(H2,30,38)(H2,31,39). The molecular formula is C27H28Cl2N8O2. The van der Waals surface area contributed by atoms with Gasteiger partial charge in [-0.25, -0.2) is 4.98 Å². The van der Waals surface area contributed by atoms with Crippen LogP contribution in [0.1, 0.15) is 19.8 Å². The van der Waals surface area contributed by atoms with Gasteiger partial charge in [-0.1, -0.05) is 42.3 Å². The molecule has 2 aromatic heterocycles. The average Bonchev–Trinajstić information content (AvgIpc) is 3.28. The highest BCUT2D eigenvalue weighted by Crippen LogP contribution is 2.38. The zero-order valence-electron chi connectivity index (χ0n) is 21.6. The van der Waals surface area contributed by atoms with Crippen LogP contribution in [-0.4, -0.2) is 58.0 Å². The first kappa shape index (κ1) is 26.7. The Morgan fingerprint density at radius 2 is 1.67 bits per heavy atom. The van der Waals surface area contributed by atoms with Crippen molar-refractivity contribution in [2.24, 2.45) is 16.9 Å². The lowest BCUT2D eigenvalue weighted by Crippen LogP contribution is -2.45. The van der Waals surface area contributed by atoms with Gasteiger partial charge in [0.25, 0.3) is 0 Å². The number of rotatable bonds is 7. The van der Waals surface area contributed by atoms with Crippen LogP contribution in [0.4, 0.5) is 11.8 Å². The molecule has 1 saturated heterocycles. The van der Waals surface area contributed by atoms with Crippen molar-refractivity contribution in [1.82, 2.24) is 19.5 Å². The molecule has 0 aliphatic carbocycles. The van der Waals surface area contributed by atoms with Crippen molar-refractivity contribution in [3.63, 3.8) is 0 Å². The van der Waals surface area contributed by atoms with E-state index >= 15 is 0 Å². The van der Waals surface area contributed by atoms with E-state index in [9.17, 15) is 9.59 Å². The Kier molecular flexibility index (Phi) is 7.09. The second kappa shape index (κ2) is 10.3. The average molecular weight is 567 g/mol. The second-order valence-electron chi connectivity index (χ2n) is 9.98. The van der Waals surface area contributed by atoms with Gasteiger partial charge < -0.3 is 21.3 Å². The fourth-order valence-corrected chi connectivity index (χ4v) is 5.09. The van der Waals surface area contributed by atoms with Gasteiger partial charge in [0.1, 0.15) is 5.82 Å². The van der Waals surface area contributed by atoms with Crippen molar-refractivity contribution in [1.29, 1.82) is 0 Å². The van der Waals surface area contributed by atoms with Gasteiger partial charge in [-0.05, 0) is 49.2 Å². The minimum atomic E-state index is -0.598. The van der Waals surface area contributed by atoms with Crippen molar-refractivity contribution in [2.75, 3.05) is 36.5 Å². The zero-order chi connectivity index (χ0) is 27.9. The molecule has 2 amide bonds. The molecule has 1 fully saturated rings. The summed E-state index contributed by atoms with van der Waals surface area (Å²) in [7, 11) is 1.70. The van der Waals surface area contributed by atoms with Crippen LogP contribution in [0.5, 0.6) is 0 Å². The van der Waals surface area contributed by atoms with Crippen LogP contribution in [0.2, 0.25) is 10.0 Å². The fraction of sp³-hybridized carbons (Fsp3) is 0.296. The topological polar surface area (TPSA) is 136 Å². The number of benzene rings is 2. The molecule has 10 nitrogen and oxygen atoms in total. The minimum Gasteiger partial charge on any atom is -0.369 e. The lowest BCUT2D eigenvalue weighted by Gasteiger charge is -2.38. The molecule has 202 valence electrons. The minimum absolute atomic E-state index is 0.0723. The van der Waals surface area contributed by atoms with E-state index in [0.717, 1.165) is 5.69 Å². The number of likely N-dealkylation sites (N-methyl/N-ethyl adjacent to an activating group) is 1. The van der Waals surface area contributed by atoms with Gasteiger partial charge in [0.2, 0.25) is 17.8 Å². The van der Waals surface area contributed by atoms with E-state index in [4.69, 9.17) is 49.6 Å². The summed E-state index contributed by atoms with van der Waals surface area (Å²) in [6, 6.07) is 14.8. The quantitative estimate of drug-likeness (QED) is 0.347. The van der Waals surface area contributed by atoms with Gasteiger partial charge in [-0.3, -0.25) is 14.2 Å². The molecule has 12 heteroatoms. The van der Waals surface area contributed by atoms with Gasteiger partial charge in [0.15, 0.2) is 17.0 Å². The fourth-order valence-electron chi connectivity index (χ4n) is 4.74. The maximum atomic E-state index is 12.1. The molecule has 0 unspecified atom stereocenters. The van der Waals surface area contributed by atoms with E-state index in [1.54, 1.807) is 30.1 Å². The number of aromatic nitrogens is 4. The summed E-state index contributed by atoms with van der Waals surface area (Å²) in [4.78, 5) is 42.2. The summed E-state index contributed by atoms with van der Waals surface area (Å²) < 4.78 is 1.90. The van der Waals surface area contributed by atoms with Crippen molar-refractivity contribution < 1.29 is 9.59 Å². The van der Waals surface area contributed by atoms with E-state index in [0.29, 0.717) is 70.3 Å². The summed E-state index contributed by atoms with van der Waals surface area (Å²) in [5, 5.41) is 1.12. The number of halogens is 2. The van der Waals surface area contributed by atoms with E-state index in [2.05, 4.69) is 4.90 Å². The molecule has 0 radical (unpaired) electrons. The van der Waals surface area contributed by atoms with Crippen molar-refractivity contribution >= 4 is 57.9 Å². The predicted octanol–water partition coefficient (Wildman–Crippen LogP) is 3.80. The SMILES string of the molecule is CN(CC(N)=O)c1nc(N2CCC(C)(C(N)=O)CC2)c2nc(-c3ccccc3Cl)n(-c3ccc(Cl)cc3)c2n1. The maximum Gasteiger partial charge on any atom is 0.237 e. The number of piperidine rings is 1. The van der Waals surface area contributed by atoms with Gasteiger partial charge in [-0.2, -0.15) is 9.97 Å². The van der Waals surface area contributed by atoms with Crippen molar-refractivity contribution in [3.8, 4) is 17.1 Å². The largest absolute Gasteiger partial charge is 0.369 e. The first-order valence-electron chi connectivity index (χ1n) is 12.4. The molecule has 5 rings (SSSR count). The van der Waals surface area contributed by atoms with Crippen LogP contribution >= 0.6 is 23.2 Å². The van der Waals surface area contributed by atoms with Crippen molar-refractivity contribution in [3.05, 3.63) is 58.6 Å². The highest BCUT2D eigenvalue weighted by molar-refractivity contribution is 6.33. The Labute approximate surface area is 235 Å². The number of amides is 2. The monoisotopic (exact) mass is 566 g/mol. The van der Waals surface area contributed by atoms with Crippen LogP contribution in [0.25, 0.3) is 28.2 Å². The Hall–Kier alpha value is -3.89. The third-order valence-corrected chi connectivity index (χ3v) is 7.75. The Morgan fingerprint density at radius 3 is 2.28 bits per heavy atom. The molecule has 1 aliphatic heterocycles. The summed E-state index contributed by atoms with van der Waals surface area (Å²) in [5.74, 6) is 0.632. The van der Waals surface area contributed by atoms with Gasteiger partial charge in [0.05, 0.1) is 11.6 Å². The highest BCUT2D eigenvalue weighted by Gasteiger charge is 2.37. The maximum absolute atomic E-state index is 12.1. The van der Waals surface area contributed by atoms with E-state index < -0.39 is 11.3 Å². The summed E-state index contributed by atoms with van der Waals surface area (Å²) >= 11 is 12.8. The first-order valence-corrected chi connectivity index (χ1v) is 13.2. The van der Waals surface area contributed by atoms with Crippen LogP contribution in [0.3, 0.4) is 0 Å². The Balaban J connectivity index is 1.77. The number of anilines is 2. The number of hydrogen-bond donors (Lipinski definition) is 2. The molecule has 3 heterocycles. The normalized spacial score (nSPS) is 14.9. The Bertz CT molecular complexity index is 1560. The number of primary amides is 2. The van der Waals surface area contributed by atoms with Gasteiger partial charge >= 0.3 is 0 Å². The molecule has 4 aromatic rings. The van der Waals surface area contributed by atoms with E-state index in [1.165, 1.54) is 0 Å². The molecule has 0 atom stereocenters. The number of fused-ring (bicyclic) bond motifs is 1. The molecular weight excluding hydrogens is 539 g/mol. The highest BCUT2D eigenvalue weighted by atomic mass is 35.5. The van der Waals surface area contributed by atoms with Gasteiger partial charge in [-0.15, -0.1) is 0 Å². The number of nitrogens with two attached hydrogens (primary N) is 2. The number of imidazole rings is 1. The summed E-state index contributed by atoms with van der Waals surface area (Å²) in [6.07, 6.45) is 1.13. The molecule has 0 saturated carbocycles. The van der Waals surface area contributed by atoms with Crippen LogP contribution in [0, 0.1) is 5.41 Å². The number of hydrogen-bond acceptors (Lipinski definition) is 7. The number of nitrogens with zero attached hydrogens (tertiary/aromatic N) is 6. The molecule has 0 bridgehead atoms. The third kappa shape index (κ3) is 5.09. The van der Waals surface area contributed by atoms with Crippen LogP contribution in [0.15, 0.2) is 48.5 Å². The second-order valence-corrected chi connectivity index (χ2v) is 10.8. The summed E-state index contributed by atoms with van der Waals surface area (Å²) in [6.45, 7) is 2.90. The predicted molar refractivity (Wildman–Crippen MR) is 153 cm³/mol. The molecule has 39 heavy (non-hydrogen) atoms. The van der Waals surface area contributed by atoms with E-state index in [-0.39, 0.29) is 12.5 Å². The van der Waals surface area contributed by atoms with Crippen LogP contribution < -0.4 is 21.3 Å². The molecule has 1 aliphatic rings. The lowest BCUT2D eigenvalue weighted by molar-refractivity contribution is -0.127. The first-order chi connectivity index (χ1) is 18.6. The van der Waals surface area contributed by atoms with E-state index in [1.807, 2.05) is 41.8 Å². The Morgan fingerprint density at radius 1 is 1.00 bits per heavy atom. The lowest BCUT2D eigenvalue weighted by atomic mass is 9.80. The molecule has 4 N–H and O–H groups in total. The van der Waals surface area contributed by atoms with Gasteiger partial charge in [0, 0.05) is 41.8 Å². The molecule has 2 aromatic carbocycles. The van der Waals surface area contributed by atoms with Crippen molar-refractivity contribution in [2.45, 2.75) is 19.8 Å². The molecule has 0 spiro atoms. The number of carbonyl (C=O) groups is 2. The zero-order valence-corrected chi connectivity index (χ0v) is 23.1. The summed E-state index contributed by atoms with van der Waals surface area (Å²) in [5.41, 5.74) is 13.1. The number of carbonyl (C=O) groups excluding carboxylic acids is 2. The van der Waals surface area contributed by atoms with Crippen LogP contribution in [-0.2, 0) is 9.59 Å². The smallest absolute Gasteiger partial charge is 0.237 e.